The molecule has 0 spiro atoms. The van der Waals surface area contributed by atoms with Crippen LogP contribution in [-0.2, 0) is 17.9 Å². The predicted octanol–water partition coefficient (Wildman–Crippen LogP) is 3.43. The van der Waals surface area contributed by atoms with Crippen molar-refractivity contribution in [1.82, 2.24) is 9.78 Å². The molecule has 0 aliphatic carbocycles. The maximum atomic E-state index is 12.8. The first-order chi connectivity index (χ1) is 14.5. The number of nitrogens with zero attached hydrogens (tertiary/aromatic N) is 2. The van der Waals surface area contributed by atoms with E-state index in [0.29, 0.717) is 28.4 Å². The number of hydrogen-bond donors (Lipinski definition) is 1. The van der Waals surface area contributed by atoms with Gasteiger partial charge in [-0.15, -0.1) is 0 Å². The highest BCUT2D eigenvalue weighted by Gasteiger charge is 2.18. The van der Waals surface area contributed by atoms with Crippen LogP contribution in [0.25, 0.3) is 10.8 Å². The van der Waals surface area contributed by atoms with E-state index in [2.05, 4.69) is 12.0 Å². The molecule has 1 aromatic heterocycles. The predicted molar refractivity (Wildman–Crippen MR) is 114 cm³/mol. The number of carbonyl (C=O) groups is 2. The van der Waals surface area contributed by atoms with Gasteiger partial charge in [-0.3, -0.25) is 9.59 Å². The summed E-state index contributed by atoms with van der Waals surface area (Å²) in [4.78, 5) is 36.7. The molecule has 2 N–H and O–H groups in total. The van der Waals surface area contributed by atoms with Gasteiger partial charge in [-0.1, -0.05) is 56.5 Å². The third-order valence-electron chi connectivity index (χ3n) is 4.89. The van der Waals surface area contributed by atoms with E-state index in [1.54, 1.807) is 48.5 Å². The number of carbonyl (C=O) groups excluding carboxylic acids is 2. The SMILES string of the molecule is CCCCCCn1nc(C(=O)OCc2ccc(C(N)=O)cc2)c2ccccc2c1=O. The first-order valence-corrected chi connectivity index (χ1v) is 10.1. The molecule has 1 heterocycles. The van der Waals surface area contributed by atoms with Crippen molar-refractivity contribution in [2.75, 3.05) is 0 Å². The van der Waals surface area contributed by atoms with E-state index < -0.39 is 11.9 Å². The zero-order chi connectivity index (χ0) is 21.5. The lowest BCUT2D eigenvalue weighted by Crippen LogP contribution is -2.26. The van der Waals surface area contributed by atoms with Gasteiger partial charge in [0, 0.05) is 17.5 Å². The topological polar surface area (TPSA) is 104 Å². The Bertz CT molecular complexity index is 1100. The van der Waals surface area contributed by atoms with Gasteiger partial charge in [0.05, 0.1) is 5.39 Å². The van der Waals surface area contributed by atoms with E-state index in [9.17, 15) is 14.4 Å². The van der Waals surface area contributed by atoms with Crippen molar-refractivity contribution in [2.24, 2.45) is 5.73 Å². The Morgan fingerprint density at radius 3 is 2.37 bits per heavy atom. The first-order valence-electron chi connectivity index (χ1n) is 10.1. The van der Waals surface area contributed by atoms with Crippen molar-refractivity contribution in [2.45, 2.75) is 45.8 Å². The zero-order valence-corrected chi connectivity index (χ0v) is 17.0. The van der Waals surface area contributed by atoms with Crippen LogP contribution >= 0.6 is 0 Å². The summed E-state index contributed by atoms with van der Waals surface area (Å²) in [5, 5.41) is 5.23. The highest BCUT2D eigenvalue weighted by Crippen LogP contribution is 2.16. The number of nitrogens with two attached hydrogens (primary N) is 1. The van der Waals surface area contributed by atoms with Crippen molar-refractivity contribution in [3.8, 4) is 0 Å². The van der Waals surface area contributed by atoms with Crippen molar-refractivity contribution in [1.29, 1.82) is 0 Å². The molecule has 0 saturated carbocycles. The molecule has 7 nitrogen and oxygen atoms in total. The maximum absolute atomic E-state index is 12.8. The first kappa shape index (κ1) is 21.2. The summed E-state index contributed by atoms with van der Waals surface area (Å²) in [5.74, 6) is -1.12. The lowest BCUT2D eigenvalue weighted by molar-refractivity contribution is 0.0465. The molecule has 0 radical (unpaired) electrons. The molecule has 156 valence electrons. The second-order valence-electron chi connectivity index (χ2n) is 7.12. The summed E-state index contributed by atoms with van der Waals surface area (Å²) in [6.07, 6.45) is 4.00. The third kappa shape index (κ3) is 4.92. The van der Waals surface area contributed by atoms with Gasteiger partial charge in [0.1, 0.15) is 6.61 Å². The number of rotatable bonds is 9. The van der Waals surface area contributed by atoms with Crippen LogP contribution in [0.1, 0.15) is 59.0 Å². The molecule has 7 heteroatoms. The number of ether oxygens (including phenoxy) is 1. The van der Waals surface area contributed by atoms with Gasteiger partial charge in [0.2, 0.25) is 5.91 Å². The fraction of sp³-hybridized carbons (Fsp3) is 0.304. The van der Waals surface area contributed by atoms with Crippen LogP contribution < -0.4 is 11.3 Å². The fourth-order valence-corrected chi connectivity index (χ4v) is 3.21. The summed E-state index contributed by atoms with van der Waals surface area (Å²) in [6, 6.07) is 13.4. The molecule has 0 unspecified atom stereocenters. The van der Waals surface area contributed by atoms with Crippen molar-refractivity contribution in [3.63, 3.8) is 0 Å². The number of aryl methyl sites for hydroxylation is 1. The second kappa shape index (κ2) is 9.82. The Hall–Kier alpha value is -3.48. The molecule has 0 saturated heterocycles. The molecule has 3 aromatic rings. The Morgan fingerprint density at radius 2 is 1.70 bits per heavy atom. The second-order valence-corrected chi connectivity index (χ2v) is 7.12. The number of unbranched alkanes of at least 4 members (excludes halogenated alkanes) is 3. The molecule has 0 bridgehead atoms. The normalized spacial score (nSPS) is 10.8. The van der Waals surface area contributed by atoms with Gasteiger partial charge in [0.15, 0.2) is 5.69 Å². The molecular weight excluding hydrogens is 382 g/mol. The smallest absolute Gasteiger partial charge is 0.359 e. The van der Waals surface area contributed by atoms with Gasteiger partial charge < -0.3 is 10.5 Å². The summed E-state index contributed by atoms with van der Waals surface area (Å²) in [7, 11) is 0. The molecule has 1 amide bonds. The molecular formula is C23H25N3O4. The third-order valence-corrected chi connectivity index (χ3v) is 4.89. The average Bonchev–Trinajstić information content (AvgIpc) is 2.76. The van der Waals surface area contributed by atoms with E-state index in [0.717, 1.165) is 25.7 Å². The van der Waals surface area contributed by atoms with Gasteiger partial charge >= 0.3 is 5.97 Å². The lowest BCUT2D eigenvalue weighted by Gasteiger charge is -2.11. The number of primary amides is 1. The quantitative estimate of drug-likeness (QED) is 0.432. The van der Waals surface area contributed by atoms with Crippen molar-refractivity contribution < 1.29 is 14.3 Å². The Balaban J connectivity index is 1.82. The summed E-state index contributed by atoms with van der Waals surface area (Å²) < 4.78 is 6.78. The molecule has 2 aromatic carbocycles. The zero-order valence-electron chi connectivity index (χ0n) is 17.0. The van der Waals surface area contributed by atoms with Gasteiger partial charge in [-0.05, 0) is 30.2 Å². The van der Waals surface area contributed by atoms with E-state index in [-0.39, 0.29) is 17.9 Å². The highest BCUT2D eigenvalue weighted by molar-refractivity contribution is 6.02. The number of aromatic nitrogens is 2. The minimum Gasteiger partial charge on any atom is -0.456 e. The average molecular weight is 407 g/mol. The van der Waals surface area contributed by atoms with Crippen LogP contribution in [0, 0.1) is 0 Å². The molecule has 3 rings (SSSR count). The highest BCUT2D eigenvalue weighted by atomic mass is 16.5. The van der Waals surface area contributed by atoms with Crippen molar-refractivity contribution in [3.05, 3.63) is 75.7 Å². The summed E-state index contributed by atoms with van der Waals surface area (Å²) in [5.41, 5.74) is 6.24. The van der Waals surface area contributed by atoms with Crippen LogP contribution in [-0.4, -0.2) is 21.7 Å². The van der Waals surface area contributed by atoms with E-state index in [1.807, 2.05) is 0 Å². The Labute approximate surface area is 174 Å². The van der Waals surface area contributed by atoms with Gasteiger partial charge in [-0.2, -0.15) is 5.10 Å². The maximum Gasteiger partial charge on any atom is 0.359 e. The van der Waals surface area contributed by atoms with Crippen LogP contribution in [0.4, 0.5) is 0 Å². The molecule has 0 aliphatic rings. The summed E-state index contributed by atoms with van der Waals surface area (Å²) in [6.45, 7) is 2.60. The molecule has 0 aliphatic heterocycles. The minimum atomic E-state index is -0.604. The molecule has 30 heavy (non-hydrogen) atoms. The number of amides is 1. The minimum absolute atomic E-state index is 0.0174. The molecule has 0 atom stereocenters. The monoisotopic (exact) mass is 407 g/mol. The van der Waals surface area contributed by atoms with Crippen molar-refractivity contribution >= 4 is 22.6 Å². The fourth-order valence-electron chi connectivity index (χ4n) is 3.21. The summed E-state index contributed by atoms with van der Waals surface area (Å²) >= 11 is 0. The van der Waals surface area contributed by atoms with Crippen LogP contribution in [0.5, 0.6) is 0 Å². The number of benzene rings is 2. The van der Waals surface area contributed by atoms with Crippen LogP contribution in [0.15, 0.2) is 53.3 Å². The van der Waals surface area contributed by atoms with E-state index >= 15 is 0 Å². The number of fused-ring (bicyclic) bond motifs is 1. The Morgan fingerprint density at radius 1 is 1.00 bits per heavy atom. The number of esters is 1. The lowest BCUT2D eigenvalue weighted by atomic mass is 10.1. The standard InChI is InChI=1S/C23H25N3O4/c1-2-3-4-7-14-26-22(28)19-9-6-5-8-18(19)20(25-26)23(29)30-15-16-10-12-17(13-11-16)21(24)27/h5-6,8-13H,2-4,7,14-15H2,1H3,(H2,24,27). The largest absolute Gasteiger partial charge is 0.456 e. The number of hydrogen-bond acceptors (Lipinski definition) is 5. The Kier molecular flexibility index (Phi) is 6.95. The van der Waals surface area contributed by atoms with Gasteiger partial charge in [-0.25, -0.2) is 9.48 Å². The van der Waals surface area contributed by atoms with E-state index in [1.165, 1.54) is 4.68 Å². The van der Waals surface area contributed by atoms with Crippen LogP contribution in [0.3, 0.4) is 0 Å². The van der Waals surface area contributed by atoms with E-state index in [4.69, 9.17) is 10.5 Å². The molecule has 0 fully saturated rings. The van der Waals surface area contributed by atoms with Crippen LogP contribution in [0.2, 0.25) is 0 Å². The van der Waals surface area contributed by atoms with Gasteiger partial charge in [0.25, 0.3) is 5.56 Å².